The largest absolute Gasteiger partial charge is 0.277 e. The van der Waals surface area contributed by atoms with E-state index in [0.29, 0.717) is 5.56 Å². The van der Waals surface area contributed by atoms with Crippen LogP contribution in [-0.4, -0.2) is 13.4 Å². The molecule has 7 heteroatoms. The number of aryl methyl sites for hydroxylation is 1. The number of hydrogen-bond acceptors (Lipinski definition) is 3. The van der Waals surface area contributed by atoms with Gasteiger partial charge in [-0.2, -0.15) is 0 Å². The SMILES string of the molecule is Cc1cc(Cl)nc(Cl)c1NS(=O)(=O)/C=C/c1ccccc1. The van der Waals surface area contributed by atoms with Crippen LogP contribution in [0.3, 0.4) is 0 Å². The fourth-order valence-electron chi connectivity index (χ4n) is 1.63. The lowest BCUT2D eigenvalue weighted by Crippen LogP contribution is -2.11. The van der Waals surface area contributed by atoms with E-state index in [-0.39, 0.29) is 16.0 Å². The van der Waals surface area contributed by atoms with Crippen LogP contribution in [-0.2, 0) is 10.0 Å². The fraction of sp³-hybridized carbons (Fsp3) is 0.0714. The monoisotopic (exact) mass is 342 g/mol. The third kappa shape index (κ3) is 4.46. The Labute approximate surface area is 133 Å². The van der Waals surface area contributed by atoms with Crippen LogP contribution in [0.5, 0.6) is 0 Å². The summed E-state index contributed by atoms with van der Waals surface area (Å²) < 4.78 is 26.5. The highest BCUT2D eigenvalue weighted by molar-refractivity contribution is 7.95. The van der Waals surface area contributed by atoms with Gasteiger partial charge in [-0.15, -0.1) is 0 Å². The summed E-state index contributed by atoms with van der Waals surface area (Å²) in [6, 6.07) is 10.6. The molecule has 0 atom stereocenters. The number of pyridine rings is 1. The number of benzene rings is 1. The average molecular weight is 343 g/mol. The summed E-state index contributed by atoms with van der Waals surface area (Å²) in [4.78, 5) is 3.82. The van der Waals surface area contributed by atoms with Gasteiger partial charge >= 0.3 is 0 Å². The van der Waals surface area contributed by atoms with Crippen molar-refractivity contribution >= 4 is 45.0 Å². The standard InChI is InChI=1S/C14H12Cl2N2O2S/c1-10-9-12(15)17-14(16)13(10)18-21(19,20)8-7-11-5-3-2-4-6-11/h2-9,18H,1H3/b8-7+. The van der Waals surface area contributed by atoms with Gasteiger partial charge in [-0.3, -0.25) is 4.72 Å². The minimum absolute atomic E-state index is 0.0108. The molecular weight excluding hydrogens is 331 g/mol. The first-order valence-electron chi connectivity index (χ1n) is 5.96. The highest BCUT2D eigenvalue weighted by Gasteiger charge is 2.13. The van der Waals surface area contributed by atoms with Crippen molar-refractivity contribution in [2.75, 3.05) is 4.72 Å². The van der Waals surface area contributed by atoms with Crippen LogP contribution in [0.2, 0.25) is 10.3 Å². The molecule has 1 aromatic carbocycles. The number of aromatic nitrogens is 1. The summed E-state index contributed by atoms with van der Waals surface area (Å²) in [7, 11) is -3.69. The molecule has 0 radical (unpaired) electrons. The summed E-state index contributed by atoms with van der Waals surface area (Å²) in [5, 5.41) is 1.30. The zero-order chi connectivity index (χ0) is 15.5. The van der Waals surface area contributed by atoms with Crippen molar-refractivity contribution in [3.63, 3.8) is 0 Å². The number of anilines is 1. The minimum atomic E-state index is -3.69. The van der Waals surface area contributed by atoms with E-state index < -0.39 is 10.0 Å². The predicted octanol–water partition coefficient (Wildman–Crippen LogP) is 4.11. The molecule has 0 amide bonds. The zero-order valence-corrected chi connectivity index (χ0v) is 13.4. The predicted molar refractivity (Wildman–Crippen MR) is 87.0 cm³/mol. The fourth-order valence-corrected chi connectivity index (χ4v) is 3.21. The van der Waals surface area contributed by atoms with Gasteiger partial charge in [0.15, 0.2) is 5.15 Å². The van der Waals surface area contributed by atoms with Crippen molar-refractivity contribution in [2.24, 2.45) is 0 Å². The van der Waals surface area contributed by atoms with Gasteiger partial charge in [0.2, 0.25) is 0 Å². The first-order chi connectivity index (χ1) is 9.87. The van der Waals surface area contributed by atoms with E-state index in [1.165, 1.54) is 12.1 Å². The molecule has 0 saturated carbocycles. The average Bonchev–Trinajstić information content (AvgIpc) is 2.42. The Bertz CT molecular complexity index is 752. The first kappa shape index (κ1) is 15.8. The number of hydrogen-bond donors (Lipinski definition) is 1. The molecule has 4 nitrogen and oxygen atoms in total. The van der Waals surface area contributed by atoms with Crippen molar-refractivity contribution in [3.05, 3.63) is 63.2 Å². The van der Waals surface area contributed by atoms with Crippen LogP contribution in [0.15, 0.2) is 41.8 Å². The summed E-state index contributed by atoms with van der Waals surface area (Å²) in [6.45, 7) is 1.69. The highest BCUT2D eigenvalue weighted by atomic mass is 35.5. The highest BCUT2D eigenvalue weighted by Crippen LogP contribution is 2.27. The molecule has 0 spiro atoms. The lowest BCUT2D eigenvalue weighted by atomic mass is 10.2. The molecule has 0 aliphatic carbocycles. The Balaban J connectivity index is 2.25. The molecule has 1 aromatic heterocycles. The van der Waals surface area contributed by atoms with Crippen molar-refractivity contribution in [2.45, 2.75) is 6.92 Å². The molecule has 21 heavy (non-hydrogen) atoms. The van der Waals surface area contributed by atoms with Crippen molar-refractivity contribution in [1.29, 1.82) is 0 Å². The zero-order valence-electron chi connectivity index (χ0n) is 11.0. The van der Waals surface area contributed by atoms with E-state index >= 15 is 0 Å². The summed E-state index contributed by atoms with van der Waals surface area (Å²) in [6.07, 6.45) is 1.49. The van der Waals surface area contributed by atoms with Crippen LogP contribution in [0.25, 0.3) is 6.08 Å². The maximum atomic E-state index is 12.0. The molecule has 0 fully saturated rings. The third-order valence-corrected chi connectivity index (χ3v) is 4.07. The Morgan fingerprint density at radius 1 is 1.19 bits per heavy atom. The second-order valence-electron chi connectivity index (χ2n) is 4.29. The van der Waals surface area contributed by atoms with Gasteiger partial charge in [0.25, 0.3) is 10.0 Å². The van der Waals surface area contributed by atoms with Crippen LogP contribution < -0.4 is 4.72 Å². The minimum Gasteiger partial charge on any atom is -0.277 e. The van der Waals surface area contributed by atoms with E-state index in [4.69, 9.17) is 23.2 Å². The smallest absolute Gasteiger partial charge is 0.255 e. The topological polar surface area (TPSA) is 59.1 Å². The lowest BCUT2D eigenvalue weighted by molar-refractivity contribution is 0.609. The molecule has 1 heterocycles. The van der Waals surface area contributed by atoms with Gasteiger partial charge in [0.1, 0.15) is 5.15 Å². The molecule has 0 saturated heterocycles. The van der Waals surface area contributed by atoms with Gasteiger partial charge in [-0.05, 0) is 30.2 Å². The second kappa shape index (κ2) is 6.47. The van der Waals surface area contributed by atoms with Gasteiger partial charge in [0, 0.05) is 0 Å². The Kier molecular flexibility index (Phi) is 4.88. The molecule has 0 bridgehead atoms. The summed E-state index contributed by atoms with van der Waals surface area (Å²) >= 11 is 11.7. The summed E-state index contributed by atoms with van der Waals surface area (Å²) in [5.74, 6) is 0. The lowest BCUT2D eigenvalue weighted by Gasteiger charge is -2.09. The normalized spacial score (nSPS) is 11.8. The second-order valence-corrected chi connectivity index (χ2v) is 6.60. The molecule has 2 rings (SSSR count). The quantitative estimate of drug-likeness (QED) is 0.850. The molecular formula is C14H12Cl2N2O2S. The van der Waals surface area contributed by atoms with Gasteiger partial charge in [0.05, 0.1) is 11.1 Å². The van der Waals surface area contributed by atoms with E-state index in [9.17, 15) is 8.42 Å². The number of nitrogens with one attached hydrogen (secondary N) is 1. The first-order valence-corrected chi connectivity index (χ1v) is 8.26. The van der Waals surface area contributed by atoms with E-state index in [0.717, 1.165) is 11.0 Å². The van der Waals surface area contributed by atoms with Gasteiger partial charge < -0.3 is 0 Å². The molecule has 0 aliphatic rings. The summed E-state index contributed by atoms with van der Waals surface area (Å²) in [5.41, 5.74) is 1.59. The molecule has 0 aliphatic heterocycles. The maximum Gasteiger partial charge on any atom is 0.255 e. The van der Waals surface area contributed by atoms with Crippen molar-refractivity contribution < 1.29 is 8.42 Å². The Morgan fingerprint density at radius 3 is 2.48 bits per heavy atom. The van der Waals surface area contributed by atoms with Gasteiger partial charge in [-0.25, -0.2) is 13.4 Å². The molecule has 110 valence electrons. The van der Waals surface area contributed by atoms with Gasteiger partial charge in [-0.1, -0.05) is 53.5 Å². The third-order valence-electron chi connectivity index (χ3n) is 2.62. The molecule has 0 unspecified atom stereocenters. The van der Waals surface area contributed by atoms with Crippen molar-refractivity contribution in [3.8, 4) is 0 Å². The van der Waals surface area contributed by atoms with Crippen LogP contribution in [0, 0.1) is 6.92 Å². The van der Waals surface area contributed by atoms with E-state index in [1.807, 2.05) is 18.2 Å². The van der Waals surface area contributed by atoms with Crippen molar-refractivity contribution in [1.82, 2.24) is 4.98 Å². The van der Waals surface area contributed by atoms with E-state index in [2.05, 4.69) is 9.71 Å². The number of sulfonamides is 1. The Hall–Kier alpha value is -1.56. The number of nitrogens with zero attached hydrogens (tertiary/aromatic N) is 1. The number of rotatable bonds is 4. The Morgan fingerprint density at radius 2 is 1.86 bits per heavy atom. The van der Waals surface area contributed by atoms with Crippen LogP contribution >= 0.6 is 23.2 Å². The molecule has 2 aromatic rings. The van der Waals surface area contributed by atoms with E-state index in [1.54, 1.807) is 19.1 Å². The van der Waals surface area contributed by atoms with Crippen LogP contribution in [0.4, 0.5) is 5.69 Å². The van der Waals surface area contributed by atoms with Crippen LogP contribution in [0.1, 0.15) is 11.1 Å². The molecule has 1 N–H and O–H groups in total. The number of halogens is 2. The maximum absolute atomic E-state index is 12.0.